The van der Waals surface area contributed by atoms with E-state index in [0.29, 0.717) is 21.3 Å². The van der Waals surface area contributed by atoms with Gasteiger partial charge in [0.25, 0.3) is 0 Å². The monoisotopic (exact) mass is 629 g/mol. The molecule has 3 aromatic carbocycles. The summed E-state index contributed by atoms with van der Waals surface area (Å²) in [4.78, 5) is 29.7. The van der Waals surface area contributed by atoms with Crippen LogP contribution in [-0.4, -0.2) is 50.0 Å². The zero-order valence-corrected chi connectivity index (χ0v) is 26.3. The summed E-state index contributed by atoms with van der Waals surface area (Å²) < 4.78 is 27.0. The Morgan fingerprint density at radius 1 is 0.905 bits per heavy atom. The molecule has 1 N–H and O–H groups in total. The molecule has 2 amide bonds. The number of hydrogen-bond donors (Lipinski definition) is 1. The molecular formula is C32H37Cl2N3O4S. The Kier molecular flexibility index (Phi) is 10.9. The first-order valence-electron chi connectivity index (χ1n) is 14.1. The van der Waals surface area contributed by atoms with Gasteiger partial charge in [-0.05, 0) is 60.7 Å². The maximum atomic E-state index is 14.2. The number of carbonyl (C=O) groups is 2. The van der Waals surface area contributed by atoms with Crippen LogP contribution in [0.1, 0.15) is 48.8 Å². The molecule has 0 aromatic heterocycles. The van der Waals surface area contributed by atoms with Gasteiger partial charge in [0.2, 0.25) is 21.8 Å². The summed E-state index contributed by atoms with van der Waals surface area (Å²) in [5.41, 5.74) is 2.79. The van der Waals surface area contributed by atoms with Crippen LogP contribution in [0.4, 0.5) is 5.69 Å². The van der Waals surface area contributed by atoms with Gasteiger partial charge in [0.1, 0.15) is 12.6 Å². The maximum Gasteiger partial charge on any atom is 0.244 e. The van der Waals surface area contributed by atoms with Crippen molar-refractivity contribution in [2.45, 2.75) is 64.1 Å². The second-order valence-electron chi connectivity index (χ2n) is 10.9. The van der Waals surface area contributed by atoms with Gasteiger partial charge in [-0.1, -0.05) is 91.0 Å². The lowest BCUT2D eigenvalue weighted by Crippen LogP contribution is -2.55. The number of nitrogens with zero attached hydrogens (tertiary/aromatic N) is 2. The van der Waals surface area contributed by atoms with E-state index in [1.165, 1.54) is 4.90 Å². The minimum atomic E-state index is -3.83. The topological polar surface area (TPSA) is 86.8 Å². The minimum absolute atomic E-state index is 0.0336. The molecule has 1 aliphatic carbocycles. The number of carbonyl (C=O) groups excluding carboxylic acids is 2. The van der Waals surface area contributed by atoms with Gasteiger partial charge in [0.15, 0.2) is 0 Å². The van der Waals surface area contributed by atoms with E-state index in [1.54, 1.807) is 36.4 Å². The summed E-state index contributed by atoms with van der Waals surface area (Å²) in [6, 6.07) is 20.7. The van der Waals surface area contributed by atoms with Crippen LogP contribution in [-0.2, 0) is 32.6 Å². The number of anilines is 1. The van der Waals surface area contributed by atoms with Crippen molar-refractivity contribution in [3.8, 4) is 0 Å². The van der Waals surface area contributed by atoms with E-state index in [0.717, 1.165) is 53.8 Å². The van der Waals surface area contributed by atoms with Gasteiger partial charge in [-0.15, -0.1) is 0 Å². The van der Waals surface area contributed by atoms with Crippen molar-refractivity contribution in [1.82, 2.24) is 10.2 Å². The fourth-order valence-electron chi connectivity index (χ4n) is 5.33. The molecule has 1 atom stereocenters. The molecule has 10 heteroatoms. The predicted octanol–water partition coefficient (Wildman–Crippen LogP) is 6.16. The Bertz CT molecular complexity index is 1490. The Hall–Kier alpha value is -3.07. The van der Waals surface area contributed by atoms with Crippen LogP contribution < -0.4 is 9.62 Å². The Labute approximate surface area is 258 Å². The number of sulfonamides is 1. The van der Waals surface area contributed by atoms with E-state index in [4.69, 9.17) is 23.2 Å². The van der Waals surface area contributed by atoms with Crippen molar-refractivity contribution in [2.75, 3.05) is 17.1 Å². The van der Waals surface area contributed by atoms with Gasteiger partial charge in [0, 0.05) is 19.0 Å². The lowest BCUT2D eigenvalue weighted by atomic mass is 9.94. The number of amides is 2. The number of benzene rings is 3. The molecule has 7 nitrogen and oxygen atoms in total. The van der Waals surface area contributed by atoms with Crippen LogP contribution in [0.2, 0.25) is 10.0 Å². The normalized spacial score (nSPS) is 14.7. The summed E-state index contributed by atoms with van der Waals surface area (Å²) in [6.45, 7) is 1.43. The zero-order valence-electron chi connectivity index (χ0n) is 23.9. The maximum absolute atomic E-state index is 14.2. The van der Waals surface area contributed by atoms with Crippen LogP contribution >= 0.6 is 23.2 Å². The highest BCUT2D eigenvalue weighted by atomic mass is 35.5. The number of rotatable bonds is 11. The molecule has 1 aliphatic rings. The Balaban J connectivity index is 1.74. The lowest BCUT2D eigenvalue weighted by molar-refractivity contribution is -0.140. The van der Waals surface area contributed by atoms with Crippen molar-refractivity contribution >= 4 is 50.7 Å². The van der Waals surface area contributed by atoms with Crippen molar-refractivity contribution < 1.29 is 18.0 Å². The molecule has 0 bridgehead atoms. The zero-order chi connectivity index (χ0) is 30.3. The van der Waals surface area contributed by atoms with Crippen molar-refractivity contribution in [3.63, 3.8) is 0 Å². The SMILES string of the molecule is Cc1cccc(N(CC(=O)N(Cc2ccc(Cl)c(Cl)c2)[C@@H](Cc2ccccc2)C(=O)NC2CCCCC2)S(C)(=O)=O)c1. The fourth-order valence-corrected chi connectivity index (χ4v) is 6.49. The standard InChI is InChI=1S/C32H37Cl2N3O4S/c1-23-10-9-15-27(18-23)37(42(2,40)41)22-31(38)36(21-25-16-17-28(33)29(34)19-25)30(20-24-11-5-3-6-12-24)32(39)35-26-13-7-4-8-14-26/h3,5-6,9-12,15-19,26,30H,4,7-8,13-14,20-22H2,1-2H3,(H,35,39)/t30-/m0/s1. The van der Waals surface area contributed by atoms with Crippen molar-refractivity contribution in [2.24, 2.45) is 0 Å². The predicted molar refractivity (Wildman–Crippen MR) is 169 cm³/mol. The molecule has 224 valence electrons. The van der Waals surface area contributed by atoms with Crippen LogP contribution in [0.25, 0.3) is 0 Å². The molecule has 0 spiro atoms. The third-order valence-electron chi connectivity index (χ3n) is 7.53. The van der Waals surface area contributed by atoms with Gasteiger partial charge >= 0.3 is 0 Å². The highest BCUT2D eigenvalue weighted by molar-refractivity contribution is 7.92. The molecule has 3 aromatic rings. The molecule has 0 saturated heterocycles. The van der Waals surface area contributed by atoms with Crippen LogP contribution in [0, 0.1) is 6.92 Å². The second-order valence-corrected chi connectivity index (χ2v) is 13.6. The van der Waals surface area contributed by atoms with E-state index in [2.05, 4.69) is 5.32 Å². The van der Waals surface area contributed by atoms with Gasteiger partial charge in [0.05, 0.1) is 22.0 Å². The quantitative estimate of drug-likeness (QED) is 0.275. The first-order valence-corrected chi connectivity index (χ1v) is 16.7. The molecule has 0 heterocycles. The van der Waals surface area contributed by atoms with E-state index in [-0.39, 0.29) is 24.9 Å². The third kappa shape index (κ3) is 8.72. The minimum Gasteiger partial charge on any atom is -0.352 e. The van der Waals surface area contributed by atoms with E-state index >= 15 is 0 Å². The number of aryl methyl sites for hydroxylation is 1. The fraction of sp³-hybridized carbons (Fsp3) is 0.375. The van der Waals surface area contributed by atoms with Gasteiger partial charge in [-0.2, -0.15) is 0 Å². The average molecular weight is 631 g/mol. The first-order chi connectivity index (χ1) is 20.0. The van der Waals surface area contributed by atoms with Crippen LogP contribution in [0.3, 0.4) is 0 Å². The summed E-state index contributed by atoms with van der Waals surface area (Å²) >= 11 is 12.5. The number of nitrogens with one attached hydrogen (secondary N) is 1. The first kappa shape index (κ1) is 31.9. The number of hydrogen-bond acceptors (Lipinski definition) is 4. The van der Waals surface area contributed by atoms with Gasteiger partial charge in [-0.3, -0.25) is 13.9 Å². The van der Waals surface area contributed by atoms with Gasteiger partial charge in [-0.25, -0.2) is 8.42 Å². The summed E-state index contributed by atoms with van der Waals surface area (Å²) in [5, 5.41) is 3.89. The molecule has 0 radical (unpaired) electrons. The van der Waals surface area contributed by atoms with E-state index < -0.39 is 28.5 Å². The van der Waals surface area contributed by atoms with Crippen molar-refractivity contribution in [1.29, 1.82) is 0 Å². The van der Waals surface area contributed by atoms with Crippen molar-refractivity contribution in [3.05, 3.63) is 99.5 Å². The molecular weight excluding hydrogens is 593 g/mol. The Morgan fingerprint density at radius 2 is 1.62 bits per heavy atom. The summed E-state index contributed by atoms with van der Waals surface area (Å²) in [7, 11) is -3.83. The molecule has 1 saturated carbocycles. The highest BCUT2D eigenvalue weighted by Gasteiger charge is 2.34. The van der Waals surface area contributed by atoms with E-state index in [9.17, 15) is 18.0 Å². The largest absolute Gasteiger partial charge is 0.352 e. The molecule has 0 unspecified atom stereocenters. The molecule has 0 aliphatic heterocycles. The van der Waals surface area contributed by atoms with Crippen LogP contribution in [0.5, 0.6) is 0 Å². The van der Waals surface area contributed by atoms with Gasteiger partial charge < -0.3 is 10.2 Å². The smallest absolute Gasteiger partial charge is 0.244 e. The Morgan fingerprint density at radius 3 is 2.26 bits per heavy atom. The van der Waals surface area contributed by atoms with Crippen LogP contribution in [0.15, 0.2) is 72.8 Å². The molecule has 4 rings (SSSR count). The molecule has 1 fully saturated rings. The summed E-state index contributed by atoms with van der Waals surface area (Å²) in [6.07, 6.45) is 6.33. The molecule has 42 heavy (non-hydrogen) atoms. The number of halogens is 2. The van der Waals surface area contributed by atoms with E-state index in [1.807, 2.05) is 43.3 Å². The average Bonchev–Trinajstić information content (AvgIpc) is 2.95. The highest BCUT2D eigenvalue weighted by Crippen LogP contribution is 2.26. The summed E-state index contributed by atoms with van der Waals surface area (Å²) in [5.74, 6) is -0.770. The second kappa shape index (κ2) is 14.4. The lowest BCUT2D eigenvalue weighted by Gasteiger charge is -2.35. The third-order valence-corrected chi connectivity index (χ3v) is 9.41.